The van der Waals surface area contributed by atoms with E-state index in [4.69, 9.17) is 16.3 Å². The number of carbonyl (C=O) groups is 1. The highest BCUT2D eigenvalue weighted by molar-refractivity contribution is 7.99. The van der Waals surface area contributed by atoms with Gasteiger partial charge in [0.15, 0.2) is 22.2 Å². The number of rotatable bonds is 9. The van der Waals surface area contributed by atoms with Crippen molar-refractivity contribution < 1.29 is 9.53 Å². The SMILES string of the molecule is CCn1c(SCC(=O)Nc2nc(-c3ccc(Cl)cc3)cs2)nnc1C(C)Oc1ccccc1. The molecule has 10 heteroatoms. The van der Waals surface area contributed by atoms with E-state index in [1.807, 2.05) is 78.4 Å². The lowest BCUT2D eigenvalue weighted by molar-refractivity contribution is -0.113. The van der Waals surface area contributed by atoms with Crippen molar-refractivity contribution in [1.29, 1.82) is 0 Å². The molecular formula is C23H22ClN5O2S2. The highest BCUT2D eigenvalue weighted by atomic mass is 35.5. The number of nitrogens with zero attached hydrogens (tertiary/aromatic N) is 4. The number of carbonyl (C=O) groups excluding carboxylic acids is 1. The number of nitrogens with one attached hydrogen (secondary N) is 1. The number of thiazole rings is 1. The highest BCUT2D eigenvalue weighted by Crippen LogP contribution is 2.27. The van der Waals surface area contributed by atoms with Crippen LogP contribution in [0, 0.1) is 0 Å². The molecule has 0 aliphatic rings. The van der Waals surface area contributed by atoms with Crippen molar-refractivity contribution in [1.82, 2.24) is 19.7 Å². The van der Waals surface area contributed by atoms with Crippen LogP contribution in [0.2, 0.25) is 5.02 Å². The lowest BCUT2D eigenvalue weighted by Crippen LogP contribution is -2.15. The molecule has 0 fully saturated rings. The molecule has 1 unspecified atom stereocenters. The summed E-state index contributed by atoms with van der Waals surface area (Å²) < 4.78 is 7.95. The number of hydrogen-bond acceptors (Lipinski definition) is 7. The second-order valence-electron chi connectivity index (χ2n) is 7.04. The topological polar surface area (TPSA) is 81.9 Å². The van der Waals surface area contributed by atoms with Crippen LogP contribution in [-0.2, 0) is 11.3 Å². The molecular weight excluding hydrogens is 478 g/mol. The lowest BCUT2D eigenvalue weighted by atomic mass is 10.2. The molecule has 4 aromatic rings. The molecule has 170 valence electrons. The van der Waals surface area contributed by atoms with E-state index in [2.05, 4.69) is 20.5 Å². The summed E-state index contributed by atoms with van der Waals surface area (Å²) in [5.74, 6) is 1.53. The Morgan fingerprint density at radius 3 is 2.67 bits per heavy atom. The van der Waals surface area contributed by atoms with Gasteiger partial charge in [0.1, 0.15) is 5.75 Å². The van der Waals surface area contributed by atoms with Gasteiger partial charge in [0, 0.05) is 22.5 Å². The van der Waals surface area contributed by atoms with Gasteiger partial charge in [0.25, 0.3) is 0 Å². The van der Waals surface area contributed by atoms with E-state index < -0.39 is 0 Å². The van der Waals surface area contributed by atoms with Gasteiger partial charge in [-0.05, 0) is 38.1 Å². The van der Waals surface area contributed by atoms with Gasteiger partial charge in [-0.15, -0.1) is 21.5 Å². The van der Waals surface area contributed by atoms with Crippen LogP contribution >= 0.6 is 34.7 Å². The van der Waals surface area contributed by atoms with E-state index in [9.17, 15) is 4.79 Å². The Kier molecular flexibility index (Phi) is 7.64. The largest absolute Gasteiger partial charge is 0.483 e. The molecule has 0 radical (unpaired) electrons. The summed E-state index contributed by atoms with van der Waals surface area (Å²) >= 11 is 8.65. The minimum atomic E-state index is -0.273. The van der Waals surface area contributed by atoms with Crippen molar-refractivity contribution in [2.45, 2.75) is 31.7 Å². The average Bonchev–Trinajstić information content (AvgIpc) is 3.45. The summed E-state index contributed by atoms with van der Waals surface area (Å²) in [6, 6.07) is 17.0. The van der Waals surface area contributed by atoms with Gasteiger partial charge in [-0.1, -0.05) is 53.7 Å². The fraction of sp³-hybridized carbons (Fsp3) is 0.217. The molecule has 1 atom stereocenters. The number of para-hydroxylation sites is 1. The fourth-order valence-electron chi connectivity index (χ4n) is 3.13. The normalized spacial score (nSPS) is 11.8. The first-order valence-electron chi connectivity index (χ1n) is 10.3. The third-order valence-electron chi connectivity index (χ3n) is 4.70. The lowest BCUT2D eigenvalue weighted by Gasteiger charge is -2.15. The molecule has 0 aliphatic carbocycles. The molecule has 1 amide bonds. The van der Waals surface area contributed by atoms with E-state index in [-0.39, 0.29) is 17.8 Å². The van der Waals surface area contributed by atoms with Gasteiger partial charge in [0.2, 0.25) is 5.91 Å². The molecule has 0 bridgehead atoms. The van der Waals surface area contributed by atoms with Crippen LogP contribution in [0.25, 0.3) is 11.3 Å². The minimum Gasteiger partial charge on any atom is -0.483 e. The first kappa shape index (κ1) is 23.3. The third kappa shape index (κ3) is 5.93. The summed E-state index contributed by atoms with van der Waals surface area (Å²) in [6.07, 6.45) is -0.273. The van der Waals surface area contributed by atoms with Gasteiger partial charge in [0.05, 0.1) is 11.4 Å². The first-order valence-corrected chi connectivity index (χ1v) is 12.6. The molecule has 1 N–H and O–H groups in total. The molecule has 33 heavy (non-hydrogen) atoms. The zero-order valence-electron chi connectivity index (χ0n) is 18.1. The molecule has 0 spiro atoms. The van der Waals surface area contributed by atoms with Gasteiger partial charge in [-0.3, -0.25) is 4.79 Å². The first-order chi connectivity index (χ1) is 16.0. The van der Waals surface area contributed by atoms with Crippen molar-refractivity contribution in [3.8, 4) is 17.0 Å². The van der Waals surface area contributed by atoms with Gasteiger partial charge in [-0.25, -0.2) is 4.98 Å². The Morgan fingerprint density at radius 1 is 1.18 bits per heavy atom. The molecule has 0 aliphatic heterocycles. The van der Waals surface area contributed by atoms with Crippen molar-refractivity contribution in [2.24, 2.45) is 0 Å². The summed E-state index contributed by atoms with van der Waals surface area (Å²) in [5, 5.41) is 15.2. The van der Waals surface area contributed by atoms with E-state index in [0.717, 1.165) is 22.8 Å². The molecule has 2 aromatic carbocycles. The van der Waals surface area contributed by atoms with E-state index in [0.29, 0.717) is 21.9 Å². The Labute approximate surface area is 205 Å². The van der Waals surface area contributed by atoms with Crippen LogP contribution in [-0.4, -0.2) is 31.4 Å². The summed E-state index contributed by atoms with van der Waals surface area (Å²) in [5.41, 5.74) is 1.74. The minimum absolute atomic E-state index is 0.155. The monoisotopic (exact) mass is 499 g/mol. The van der Waals surface area contributed by atoms with Crippen LogP contribution in [0.1, 0.15) is 25.8 Å². The van der Waals surface area contributed by atoms with Crippen LogP contribution in [0.5, 0.6) is 5.75 Å². The molecule has 4 rings (SSSR count). The average molecular weight is 500 g/mol. The molecule has 7 nitrogen and oxygen atoms in total. The Hall–Kier alpha value is -2.88. The quantitative estimate of drug-likeness (QED) is 0.287. The van der Waals surface area contributed by atoms with E-state index >= 15 is 0 Å². The number of halogens is 1. The summed E-state index contributed by atoms with van der Waals surface area (Å²) in [7, 11) is 0. The number of aromatic nitrogens is 4. The maximum atomic E-state index is 12.5. The van der Waals surface area contributed by atoms with E-state index in [1.54, 1.807) is 0 Å². The van der Waals surface area contributed by atoms with Crippen LogP contribution < -0.4 is 10.1 Å². The second-order valence-corrected chi connectivity index (χ2v) is 9.28. The fourth-order valence-corrected chi connectivity index (χ4v) is 4.80. The predicted molar refractivity (Wildman–Crippen MR) is 133 cm³/mol. The Bertz CT molecular complexity index is 1210. The smallest absolute Gasteiger partial charge is 0.236 e. The van der Waals surface area contributed by atoms with Gasteiger partial charge < -0.3 is 14.6 Å². The molecule has 0 saturated heterocycles. The maximum absolute atomic E-state index is 12.5. The molecule has 2 heterocycles. The number of ether oxygens (including phenoxy) is 1. The third-order valence-corrected chi connectivity index (χ3v) is 6.68. The molecule has 0 saturated carbocycles. The predicted octanol–water partition coefficient (Wildman–Crippen LogP) is 5.95. The number of benzene rings is 2. The molecule has 2 aromatic heterocycles. The standard InChI is InChI=1S/C23H22ClN5O2S2/c1-3-29-21(15(2)31-18-7-5-4-6-8-18)27-28-23(29)33-14-20(30)26-22-25-19(13-32-22)16-9-11-17(24)12-10-16/h4-13,15H,3,14H2,1-2H3,(H,25,26,30). The van der Waals surface area contributed by atoms with Crippen molar-refractivity contribution >= 4 is 45.7 Å². The number of anilines is 1. The zero-order valence-corrected chi connectivity index (χ0v) is 20.5. The summed E-state index contributed by atoms with van der Waals surface area (Å²) in [6.45, 7) is 4.62. The van der Waals surface area contributed by atoms with Crippen LogP contribution in [0.3, 0.4) is 0 Å². The Morgan fingerprint density at radius 2 is 1.94 bits per heavy atom. The van der Waals surface area contributed by atoms with Crippen LogP contribution in [0.4, 0.5) is 5.13 Å². The van der Waals surface area contributed by atoms with Crippen LogP contribution in [0.15, 0.2) is 65.1 Å². The van der Waals surface area contributed by atoms with Crippen molar-refractivity contribution in [3.63, 3.8) is 0 Å². The highest BCUT2D eigenvalue weighted by Gasteiger charge is 2.19. The zero-order chi connectivity index (χ0) is 23.2. The number of hydrogen-bond donors (Lipinski definition) is 1. The number of amides is 1. The van der Waals surface area contributed by atoms with Crippen molar-refractivity contribution in [2.75, 3.05) is 11.1 Å². The van der Waals surface area contributed by atoms with Gasteiger partial charge >= 0.3 is 0 Å². The number of thioether (sulfide) groups is 1. The Balaban J connectivity index is 1.35. The van der Waals surface area contributed by atoms with E-state index in [1.165, 1.54) is 23.1 Å². The van der Waals surface area contributed by atoms with Crippen molar-refractivity contribution in [3.05, 3.63) is 70.8 Å². The maximum Gasteiger partial charge on any atom is 0.236 e. The van der Waals surface area contributed by atoms with Gasteiger partial charge in [-0.2, -0.15) is 0 Å². The second kappa shape index (κ2) is 10.8. The summed E-state index contributed by atoms with van der Waals surface area (Å²) in [4.78, 5) is 17.0.